The molecule has 1 heterocycles. The highest BCUT2D eigenvalue weighted by Crippen LogP contribution is 2.20. The van der Waals surface area contributed by atoms with E-state index in [0.29, 0.717) is 6.61 Å². The van der Waals surface area contributed by atoms with Crippen LogP contribution in [0.25, 0.3) is 0 Å². The highest BCUT2D eigenvalue weighted by Gasteiger charge is 2.39. The molecule has 1 rings (SSSR count). The maximum absolute atomic E-state index is 11.4. The van der Waals surface area contributed by atoms with Crippen molar-refractivity contribution < 1.29 is 23.8 Å². The smallest absolute Gasteiger partial charge is 0.324 e. The monoisotopic (exact) mass is 249 g/mol. The Morgan fingerprint density at radius 3 is 3.00 bits per heavy atom. The lowest BCUT2D eigenvalue weighted by Crippen LogP contribution is -2.39. The second-order valence-corrected chi connectivity index (χ2v) is 3.65. The van der Waals surface area contributed by atoms with Crippen molar-refractivity contribution in [3.63, 3.8) is 0 Å². The molecule has 1 fully saturated rings. The Balaban J connectivity index is 2.51. The van der Waals surface area contributed by atoms with Gasteiger partial charge in [-0.25, -0.2) is 0 Å². The van der Waals surface area contributed by atoms with Crippen LogP contribution in [0.2, 0.25) is 0 Å². The Morgan fingerprint density at radius 2 is 2.44 bits per heavy atom. The molecule has 92 valence electrons. The molecular weight excluding hydrogens is 234 g/mol. The third kappa shape index (κ3) is 3.36. The summed E-state index contributed by atoms with van der Waals surface area (Å²) in [5, 5.41) is 0. The van der Waals surface area contributed by atoms with Crippen LogP contribution in [0.3, 0.4) is 0 Å². The predicted octanol–water partition coefficient (Wildman–Crippen LogP) is -0.535. The number of nitrogens with two attached hydrogens (primary N) is 1. The maximum Gasteiger partial charge on any atom is 0.324 e. The zero-order chi connectivity index (χ0) is 12.1. The first-order valence-corrected chi connectivity index (χ1v) is 5.59. The summed E-state index contributed by atoms with van der Waals surface area (Å²) in [5.41, 5.74) is 5.43. The standard InChI is InChI=1S/C9H15NO5S/c1-2-13-9-6(3-7(11)15-9)14-8(12)5(10)4-16/h5-6,9,16H,2-4,10H2,1H3/t5-,6?,9?/m0/s1. The zero-order valence-electron chi connectivity index (χ0n) is 8.92. The normalized spacial score (nSPS) is 26.3. The van der Waals surface area contributed by atoms with Gasteiger partial charge in [-0.2, -0.15) is 12.6 Å². The van der Waals surface area contributed by atoms with Crippen molar-refractivity contribution in [1.29, 1.82) is 0 Å². The van der Waals surface area contributed by atoms with E-state index in [2.05, 4.69) is 12.6 Å². The molecule has 0 aromatic carbocycles. The minimum atomic E-state index is -0.825. The summed E-state index contributed by atoms with van der Waals surface area (Å²) in [4.78, 5) is 22.4. The molecule has 1 aliphatic rings. The van der Waals surface area contributed by atoms with E-state index in [1.807, 2.05) is 0 Å². The molecule has 0 radical (unpaired) electrons. The number of rotatable bonds is 5. The Bertz CT molecular complexity index is 273. The van der Waals surface area contributed by atoms with E-state index in [1.165, 1.54) is 0 Å². The number of ether oxygens (including phenoxy) is 3. The third-order valence-corrected chi connectivity index (χ3v) is 2.41. The molecule has 1 saturated heterocycles. The minimum absolute atomic E-state index is 0.00427. The first-order valence-electron chi connectivity index (χ1n) is 4.96. The number of esters is 2. The first kappa shape index (κ1) is 13.3. The summed E-state index contributed by atoms with van der Waals surface area (Å²) >= 11 is 3.88. The van der Waals surface area contributed by atoms with Crippen LogP contribution < -0.4 is 5.73 Å². The second-order valence-electron chi connectivity index (χ2n) is 3.28. The van der Waals surface area contributed by atoms with Crippen LogP contribution in [-0.2, 0) is 23.8 Å². The number of carbonyl (C=O) groups is 2. The molecule has 0 spiro atoms. The SMILES string of the molecule is CCOC1OC(=O)CC1OC(=O)[C@@H](N)CS. The van der Waals surface area contributed by atoms with Gasteiger partial charge in [0.2, 0.25) is 6.29 Å². The van der Waals surface area contributed by atoms with Gasteiger partial charge < -0.3 is 19.9 Å². The van der Waals surface area contributed by atoms with Crippen LogP contribution in [0.1, 0.15) is 13.3 Å². The van der Waals surface area contributed by atoms with Gasteiger partial charge in [0.25, 0.3) is 0 Å². The fourth-order valence-electron chi connectivity index (χ4n) is 1.23. The van der Waals surface area contributed by atoms with Crippen LogP contribution >= 0.6 is 12.6 Å². The van der Waals surface area contributed by atoms with E-state index in [0.717, 1.165) is 0 Å². The van der Waals surface area contributed by atoms with Crippen molar-refractivity contribution in [3.8, 4) is 0 Å². The van der Waals surface area contributed by atoms with E-state index >= 15 is 0 Å². The summed E-state index contributed by atoms with van der Waals surface area (Å²) in [6.45, 7) is 2.12. The third-order valence-electron chi connectivity index (χ3n) is 2.02. The highest BCUT2D eigenvalue weighted by molar-refractivity contribution is 7.80. The Kier molecular flexibility index (Phi) is 5.04. The largest absolute Gasteiger partial charge is 0.454 e. The number of cyclic esters (lactones) is 1. The van der Waals surface area contributed by atoms with Crippen LogP contribution in [0.15, 0.2) is 0 Å². The van der Waals surface area contributed by atoms with Gasteiger partial charge in [0.15, 0.2) is 6.10 Å². The number of hydrogen-bond donors (Lipinski definition) is 2. The second kappa shape index (κ2) is 6.07. The maximum atomic E-state index is 11.4. The molecule has 6 nitrogen and oxygen atoms in total. The molecule has 16 heavy (non-hydrogen) atoms. The lowest BCUT2D eigenvalue weighted by molar-refractivity contribution is -0.185. The highest BCUT2D eigenvalue weighted by atomic mass is 32.1. The molecule has 3 atom stereocenters. The van der Waals surface area contributed by atoms with Gasteiger partial charge in [-0.1, -0.05) is 0 Å². The summed E-state index contributed by atoms with van der Waals surface area (Å²) < 4.78 is 15.0. The number of thiol groups is 1. The van der Waals surface area contributed by atoms with Crippen molar-refractivity contribution in [2.45, 2.75) is 31.8 Å². The molecule has 0 aromatic rings. The summed E-state index contributed by atoms with van der Waals surface area (Å²) in [6, 6.07) is -0.804. The van der Waals surface area contributed by atoms with Crippen molar-refractivity contribution >= 4 is 24.6 Å². The first-order chi connectivity index (χ1) is 7.58. The van der Waals surface area contributed by atoms with Gasteiger partial charge in [-0.15, -0.1) is 0 Å². The van der Waals surface area contributed by atoms with Crippen LogP contribution in [0.5, 0.6) is 0 Å². The average Bonchev–Trinajstić information content (AvgIpc) is 2.58. The number of carbonyl (C=O) groups excluding carboxylic acids is 2. The molecule has 0 amide bonds. The van der Waals surface area contributed by atoms with E-state index in [4.69, 9.17) is 19.9 Å². The molecule has 7 heteroatoms. The van der Waals surface area contributed by atoms with Gasteiger partial charge >= 0.3 is 11.9 Å². The van der Waals surface area contributed by atoms with Gasteiger partial charge in [-0.05, 0) is 6.92 Å². The molecule has 0 aliphatic carbocycles. The number of hydrogen-bond acceptors (Lipinski definition) is 7. The average molecular weight is 249 g/mol. The van der Waals surface area contributed by atoms with Crippen LogP contribution in [-0.4, -0.2) is 42.7 Å². The lowest BCUT2D eigenvalue weighted by Gasteiger charge is -2.18. The van der Waals surface area contributed by atoms with Gasteiger partial charge in [-0.3, -0.25) is 9.59 Å². The molecule has 0 saturated carbocycles. The molecule has 2 unspecified atom stereocenters. The predicted molar refractivity (Wildman–Crippen MR) is 57.8 cm³/mol. The Labute approximate surface area is 98.8 Å². The summed E-state index contributed by atoms with van der Waals surface area (Å²) in [7, 11) is 0. The van der Waals surface area contributed by atoms with Crippen LogP contribution in [0, 0.1) is 0 Å². The topological polar surface area (TPSA) is 87.9 Å². The minimum Gasteiger partial charge on any atom is -0.454 e. The van der Waals surface area contributed by atoms with E-state index in [1.54, 1.807) is 6.92 Å². The molecule has 0 bridgehead atoms. The molecule has 0 aromatic heterocycles. The van der Waals surface area contributed by atoms with E-state index in [-0.39, 0.29) is 12.2 Å². The van der Waals surface area contributed by atoms with E-state index in [9.17, 15) is 9.59 Å². The molecule has 1 aliphatic heterocycles. The van der Waals surface area contributed by atoms with E-state index < -0.39 is 30.4 Å². The lowest BCUT2D eigenvalue weighted by atomic mass is 10.3. The Morgan fingerprint density at radius 1 is 1.75 bits per heavy atom. The van der Waals surface area contributed by atoms with Gasteiger partial charge in [0.1, 0.15) is 6.04 Å². The quantitative estimate of drug-likeness (QED) is 0.503. The fraction of sp³-hybridized carbons (Fsp3) is 0.778. The molecule has 2 N–H and O–H groups in total. The van der Waals surface area contributed by atoms with Crippen LogP contribution in [0.4, 0.5) is 0 Å². The van der Waals surface area contributed by atoms with Crippen molar-refractivity contribution in [2.75, 3.05) is 12.4 Å². The zero-order valence-corrected chi connectivity index (χ0v) is 9.81. The fourth-order valence-corrected chi connectivity index (χ4v) is 1.38. The van der Waals surface area contributed by atoms with Crippen molar-refractivity contribution in [1.82, 2.24) is 0 Å². The van der Waals surface area contributed by atoms with Gasteiger partial charge in [0, 0.05) is 12.4 Å². The summed E-state index contributed by atoms with van der Waals surface area (Å²) in [6.07, 6.45) is -1.55. The molecular formula is C9H15NO5S. The van der Waals surface area contributed by atoms with Crippen molar-refractivity contribution in [3.05, 3.63) is 0 Å². The summed E-state index contributed by atoms with van der Waals surface area (Å²) in [5.74, 6) is -0.877. The Hall–Kier alpha value is -0.790. The van der Waals surface area contributed by atoms with Gasteiger partial charge in [0.05, 0.1) is 6.42 Å². The van der Waals surface area contributed by atoms with Crippen molar-refractivity contribution in [2.24, 2.45) is 5.73 Å².